The van der Waals surface area contributed by atoms with Crippen molar-refractivity contribution in [1.82, 2.24) is 0 Å². The summed E-state index contributed by atoms with van der Waals surface area (Å²) in [5.41, 5.74) is 1.01. The van der Waals surface area contributed by atoms with Gasteiger partial charge in [0, 0.05) is 30.3 Å². The Kier molecular flexibility index (Phi) is 6.12. The van der Waals surface area contributed by atoms with Crippen LogP contribution in [0.2, 0.25) is 0 Å². The zero-order valence-electron chi connectivity index (χ0n) is 16.8. The summed E-state index contributed by atoms with van der Waals surface area (Å²) in [6, 6.07) is 0. The molecular formula is C21H26O8. The average molecular weight is 406 g/mol. The number of fused-ring (bicyclic) bond motifs is 2. The number of aliphatic hydroxyl groups is 1. The molecule has 2 aliphatic heterocycles. The van der Waals surface area contributed by atoms with Gasteiger partial charge in [-0.2, -0.15) is 0 Å². The quantitative estimate of drug-likeness (QED) is 0.525. The number of carbonyl (C=O) groups excluding carboxylic acids is 3. The van der Waals surface area contributed by atoms with Crippen LogP contribution < -0.4 is 0 Å². The molecule has 0 radical (unpaired) electrons. The first-order valence-electron chi connectivity index (χ1n) is 9.63. The minimum absolute atomic E-state index is 0.0202. The molecule has 8 heteroatoms. The van der Waals surface area contributed by atoms with Gasteiger partial charge >= 0.3 is 17.9 Å². The fraction of sp³-hybridized carbons (Fsp3) is 0.571. The smallest absolute Gasteiger partial charge is 0.337 e. The number of ether oxygens (including phenoxy) is 4. The fourth-order valence-electron chi connectivity index (χ4n) is 4.06. The number of esters is 3. The second-order valence-electron chi connectivity index (χ2n) is 7.92. The lowest BCUT2D eigenvalue weighted by Crippen LogP contribution is -2.44. The highest BCUT2D eigenvalue weighted by Gasteiger charge is 2.52. The van der Waals surface area contributed by atoms with Crippen molar-refractivity contribution in [1.29, 1.82) is 0 Å². The van der Waals surface area contributed by atoms with Crippen LogP contribution in [0.1, 0.15) is 33.6 Å². The van der Waals surface area contributed by atoms with Gasteiger partial charge in [0.2, 0.25) is 0 Å². The van der Waals surface area contributed by atoms with Crippen LogP contribution in [-0.4, -0.2) is 48.9 Å². The standard InChI is InChI=1S/C21H26O8/c1-12(2)19(24)27-10-14-9-26-5-4-21(11-28-13(3)23)7-18-15(6-17(14)21)16(8-22)20(25)29-18/h4-5,9,12,17-18,22H,6-8,10-11H2,1-3H3/t17-,18-,21-/m0/s1. The topological polar surface area (TPSA) is 108 Å². The van der Waals surface area contributed by atoms with Crippen LogP contribution in [0.15, 0.2) is 35.3 Å². The number of aliphatic hydroxyl groups excluding tert-OH is 1. The van der Waals surface area contributed by atoms with Gasteiger partial charge in [-0.3, -0.25) is 9.59 Å². The molecule has 1 fully saturated rings. The summed E-state index contributed by atoms with van der Waals surface area (Å²) < 4.78 is 21.7. The summed E-state index contributed by atoms with van der Waals surface area (Å²) in [5, 5.41) is 9.62. The van der Waals surface area contributed by atoms with E-state index in [9.17, 15) is 19.5 Å². The molecule has 0 spiro atoms. The molecule has 1 aliphatic carbocycles. The highest BCUT2D eigenvalue weighted by molar-refractivity contribution is 5.92. The summed E-state index contributed by atoms with van der Waals surface area (Å²) in [6.07, 6.45) is 5.11. The van der Waals surface area contributed by atoms with Gasteiger partial charge in [0.05, 0.1) is 30.6 Å². The van der Waals surface area contributed by atoms with Crippen molar-refractivity contribution < 1.29 is 38.4 Å². The SMILES string of the molecule is CC(=O)OC[C@@]12C=COC=C(COC(=O)C(C)C)[C@@H]1CC1=C(CO)C(=O)O[C@H]1C2. The van der Waals surface area contributed by atoms with E-state index in [1.807, 2.05) is 6.08 Å². The van der Waals surface area contributed by atoms with Crippen LogP contribution in [-0.2, 0) is 33.3 Å². The first-order valence-corrected chi connectivity index (χ1v) is 9.63. The molecule has 0 saturated heterocycles. The Labute approximate surface area is 169 Å². The van der Waals surface area contributed by atoms with Crippen LogP contribution in [0.3, 0.4) is 0 Å². The molecule has 3 rings (SSSR count). The molecule has 0 aromatic carbocycles. The Morgan fingerprint density at radius 2 is 2.10 bits per heavy atom. The van der Waals surface area contributed by atoms with E-state index in [0.29, 0.717) is 18.4 Å². The lowest BCUT2D eigenvalue weighted by molar-refractivity contribution is -0.149. The highest BCUT2D eigenvalue weighted by Crippen LogP contribution is 2.52. The van der Waals surface area contributed by atoms with Gasteiger partial charge in [0.15, 0.2) is 0 Å². The fourth-order valence-corrected chi connectivity index (χ4v) is 4.06. The van der Waals surface area contributed by atoms with Crippen molar-refractivity contribution in [2.45, 2.75) is 39.7 Å². The van der Waals surface area contributed by atoms with Crippen LogP contribution in [0.5, 0.6) is 0 Å². The summed E-state index contributed by atoms with van der Waals surface area (Å²) >= 11 is 0. The Balaban J connectivity index is 1.95. The predicted octanol–water partition coefficient (Wildman–Crippen LogP) is 1.79. The molecule has 0 unspecified atom stereocenters. The van der Waals surface area contributed by atoms with Crippen molar-refractivity contribution in [3.63, 3.8) is 0 Å². The van der Waals surface area contributed by atoms with E-state index < -0.39 is 30.1 Å². The molecule has 0 amide bonds. The van der Waals surface area contributed by atoms with Gasteiger partial charge in [-0.05, 0) is 18.1 Å². The average Bonchev–Trinajstić information content (AvgIpc) is 2.86. The lowest BCUT2D eigenvalue weighted by Gasteiger charge is -2.44. The number of hydrogen-bond donors (Lipinski definition) is 1. The third-order valence-corrected chi connectivity index (χ3v) is 5.66. The molecule has 8 nitrogen and oxygen atoms in total. The van der Waals surface area contributed by atoms with Gasteiger partial charge < -0.3 is 24.1 Å². The van der Waals surface area contributed by atoms with Crippen LogP contribution >= 0.6 is 0 Å². The van der Waals surface area contributed by atoms with Gasteiger partial charge in [0.25, 0.3) is 0 Å². The van der Waals surface area contributed by atoms with E-state index in [0.717, 1.165) is 5.57 Å². The molecule has 29 heavy (non-hydrogen) atoms. The van der Waals surface area contributed by atoms with Gasteiger partial charge in [-0.25, -0.2) is 4.79 Å². The molecule has 0 aromatic rings. The van der Waals surface area contributed by atoms with E-state index in [1.54, 1.807) is 13.8 Å². The Hall–Kier alpha value is -2.61. The molecule has 158 valence electrons. The molecule has 0 bridgehead atoms. The minimum atomic E-state index is -0.697. The predicted molar refractivity (Wildman–Crippen MR) is 99.9 cm³/mol. The molecule has 0 aromatic heterocycles. The highest BCUT2D eigenvalue weighted by atomic mass is 16.6. The first kappa shape index (κ1) is 21.1. The van der Waals surface area contributed by atoms with E-state index in [-0.39, 0.29) is 36.6 Å². The molecular weight excluding hydrogens is 380 g/mol. The molecule has 1 N–H and O–H groups in total. The first-order chi connectivity index (χ1) is 13.8. The third-order valence-electron chi connectivity index (χ3n) is 5.66. The maximum absolute atomic E-state index is 12.1. The molecule has 2 heterocycles. The Bertz CT molecular complexity index is 791. The maximum atomic E-state index is 12.1. The Morgan fingerprint density at radius 3 is 2.76 bits per heavy atom. The largest absolute Gasteiger partial charge is 0.473 e. The number of rotatable bonds is 6. The van der Waals surface area contributed by atoms with Crippen LogP contribution in [0, 0.1) is 17.3 Å². The van der Waals surface area contributed by atoms with Crippen molar-refractivity contribution in [3.05, 3.63) is 35.3 Å². The van der Waals surface area contributed by atoms with Gasteiger partial charge in [-0.15, -0.1) is 0 Å². The zero-order chi connectivity index (χ0) is 21.2. The van der Waals surface area contributed by atoms with Crippen molar-refractivity contribution in [2.75, 3.05) is 19.8 Å². The van der Waals surface area contributed by atoms with E-state index >= 15 is 0 Å². The molecule has 3 aliphatic rings. The summed E-state index contributed by atoms with van der Waals surface area (Å²) in [5.74, 6) is -1.82. The maximum Gasteiger partial charge on any atom is 0.337 e. The Morgan fingerprint density at radius 1 is 1.34 bits per heavy atom. The van der Waals surface area contributed by atoms with Crippen molar-refractivity contribution in [3.8, 4) is 0 Å². The van der Waals surface area contributed by atoms with E-state index in [1.165, 1.54) is 19.4 Å². The van der Waals surface area contributed by atoms with Gasteiger partial charge in [-0.1, -0.05) is 13.8 Å². The summed E-state index contributed by atoms with van der Waals surface area (Å²) in [4.78, 5) is 35.6. The third kappa shape index (κ3) is 4.22. The summed E-state index contributed by atoms with van der Waals surface area (Å²) in [6.45, 7) is 4.51. The molecule has 1 saturated carbocycles. The van der Waals surface area contributed by atoms with E-state index in [4.69, 9.17) is 18.9 Å². The van der Waals surface area contributed by atoms with Crippen molar-refractivity contribution >= 4 is 17.9 Å². The monoisotopic (exact) mass is 406 g/mol. The second-order valence-corrected chi connectivity index (χ2v) is 7.92. The van der Waals surface area contributed by atoms with Crippen LogP contribution in [0.4, 0.5) is 0 Å². The number of carbonyl (C=O) groups is 3. The van der Waals surface area contributed by atoms with Crippen molar-refractivity contribution in [2.24, 2.45) is 17.3 Å². The zero-order valence-corrected chi connectivity index (χ0v) is 16.8. The number of hydrogen-bond acceptors (Lipinski definition) is 8. The van der Waals surface area contributed by atoms with E-state index in [2.05, 4.69) is 0 Å². The van der Waals surface area contributed by atoms with Gasteiger partial charge in [0.1, 0.15) is 19.3 Å². The molecule has 3 atom stereocenters. The normalized spacial score (nSPS) is 28.0. The van der Waals surface area contributed by atoms with Crippen LogP contribution in [0.25, 0.3) is 0 Å². The summed E-state index contributed by atoms with van der Waals surface area (Å²) in [7, 11) is 0. The lowest BCUT2D eigenvalue weighted by atomic mass is 9.61. The minimum Gasteiger partial charge on any atom is -0.473 e. The second kappa shape index (κ2) is 8.41.